The zero-order chi connectivity index (χ0) is 10.3. The maximum Gasteiger partial charge on any atom is 0.341 e. The van der Waals surface area contributed by atoms with Crippen molar-refractivity contribution in [3.63, 3.8) is 0 Å². The number of halogens is 2. The largest absolute Gasteiger partial charge is 0.477 e. The Balaban J connectivity index is 2.80. The Hall–Kier alpha value is -1.69. The zero-order valence-electron chi connectivity index (χ0n) is 6.61. The molecule has 0 saturated carbocycles. The van der Waals surface area contributed by atoms with E-state index in [2.05, 4.69) is 10.1 Å². The number of rotatable bonds is 1. The standard InChI is InChI=1S/C7H3ClFN3O2/c8-5-4(9)2-12-6(11-5)3(1-10-12)7(13)14/h1-2H,(H,13,14). The SMILES string of the molecule is O=C(O)c1cnn2cc(F)c(Cl)nc12. The van der Waals surface area contributed by atoms with E-state index < -0.39 is 11.8 Å². The molecule has 0 spiro atoms. The van der Waals surface area contributed by atoms with Gasteiger partial charge in [-0.2, -0.15) is 5.10 Å². The van der Waals surface area contributed by atoms with Crippen LogP contribution in [-0.2, 0) is 0 Å². The van der Waals surface area contributed by atoms with Gasteiger partial charge in [-0.25, -0.2) is 18.7 Å². The number of fused-ring (bicyclic) bond motifs is 1. The smallest absolute Gasteiger partial charge is 0.341 e. The van der Waals surface area contributed by atoms with Gasteiger partial charge in [0.05, 0.1) is 12.4 Å². The molecule has 0 fully saturated rings. The van der Waals surface area contributed by atoms with Crippen LogP contribution in [0.2, 0.25) is 5.15 Å². The van der Waals surface area contributed by atoms with Crippen molar-refractivity contribution in [3.8, 4) is 0 Å². The van der Waals surface area contributed by atoms with Crippen LogP contribution in [0.5, 0.6) is 0 Å². The summed E-state index contributed by atoms with van der Waals surface area (Å²) in [5.74, 6) is -1.94. The number of aromatic carboxylic acids is 1. The summed E-state index contributed by atoms with van der Waals surface area (Å²) in [5, 5.41) is 11.9. The predicted molar refractivity (Wildman–Crippen MR) is 44.9 cm³/mol. The molecule has 0 aliphatic heterocycles. The van der Waals surface area contributed by atoms with Crippen molar-refractivity contribution in [1.29, 1.82) is 0 Å². The van der Waals surface area contributed by atoms with E-state index in [1.54, 1.807) is 0 Å². The third-order valence-corrected chi connectivity index (χ3v) is 1.90. The fourth-order valence-corrected chi connectivity index (χ4v) is 1.15. The highest BCUT2D eigenvalue weighted by atomic mass is 35.5. The van der Waals surface area contributed by atoms with E-state index in [0.29, 0.717) is 0 Å². The van der Waals surface area contributed by atoms with E-state index in [9.17, 15) is 9.18 Å². The summed E-state index contributed by atoms with van der Waals surface area (Å²) in [6, 6.07) is 0. The molecule has 2 aromatic rings. The van der Waals surface area contributed by atoms with Gasteiger partial charge in [0.2, 0.25) is 0 Å². The lowest BCUT2D eigenvalue weighted by atomic mass is 10.3. The lowest BCUT2D eigenvalue weighted by Crippen LogP contribution is -1.99. The molecule has 7 heteroatoms. The van der Waals surface area contributed by atoms with Gasteiger partial charge in [0.1, 0.15) is 5.56 Å². The van der Waals surface area contributed by atoms with Crippen LogP contribution in [0.1, 0.15) is 10.4 Å². The minimum absolute atomic E-state index is 0.0175. The van der Waals surface area contributed by atoms with Crippen molar-refractivity contribution < 1.29 is 14.3 Å². The molecule has 0 aromatic carbocycles. The normalized spacial score (nSPS) is 10.7. The third kappa shape index (κ3) is 1.20. The molecule has 2 rings (SSSR count). The fraction of sp³-hybridized carbons (Fsp3) is 0. The van der Waals surface area contributed by atoms with Gasteiger partial charge in [-0.1, -0.05) is 11.6 Å². The number of carboxylic acid groups (broad SMARTS) is 1. The van der Waals surface area contributed by atoms with Crippen molar-refractivity contribution in [2.45, 2.75) is 0 Å². The third-order valence-electron chi connectivity index (χ3n) is 1.64. The molecule has 0 aliphatic rings. The Kier molecular flexibility index (Phi) is 1.85. The van der Waals surface area contributed by atoms with E-state index in [0.717, 1.165) is 16.9 Å². The summed E-state index contributed by atoms with van der Waals surface area (Å²) in [4.78, 5) is 14.2. The Bertz CT molecular complexity index is 525. The van der Waals surface area contributed by atoms with Crippen LogP contribution in [-0.4, -0.2) is 25.7 Å². The molecule has 0 bridgehead atoms. The maximum absolute atomic E-state index is 12.9. The average molecular weight is 216 g/mol. The summed E-state index contributed by atoms with van der Waals surface area (Å²) >= 11 is 5.40. The van der Waals surface area contributed by atoms with Crippen LogP contribution in [0.3, 0.4) is 0 Å². The molecule has 0 amide bonds. The Morgan fingerprint density at radius 2 is 2.36 bits per heavy atom. The molecule has 0 saturated heterocycles. The molecule has 1 N–H and O–H groups in total. The summed E-state index contributed by atoms with van der Waals surface area (Å²) < 4.78 is 13.9. The van der Waals surface area contributed by atoms with Gasteiger partial charge in [0.25, 0.3) is 0 Å². The van der Waals surface area contributed by atoms with Crippen molar-refractivity contribution >= 4 is 23.2 Å². The fourth-order valence-electron chi connectivity index (χ4n) is 1.02. The quantitative estimate of drug-likeness (QED) is 0.727. The molecule has 2 heterocycles. The number of aromatic nitrogens is 3. The first-order valence-electron chi connectivity index (χ1n) is 3.52. The van der Waals surface area contributed by atoms with Crippen molar-refractivity contribution in [2.24, 2.45) is 0 Å². The van der Waals surface area contributed by atoms with Crippen molar-refractivity contribution in [1.82, 2.24) is 14.6 Å². The minimum atomic E-state index is -1.19. The van der Waals surface area contributed by atoms with E-state index in [-0.39, 0.29) is 16.4 Å². The van der Waals surface area contributed by atoms with E-state index in [1.807, 2.05) is 0 Å². The zero-order valence-corrected chi connectivity index (χ0v) is 7.36. The van der Waals surface area contributed by atoms with Crippen molar-refractivity contribution in [3.05, 3.63) is 28.9 Å². The minimum Gasteiger partial charge on any atom is -0.477 e. The van der Waals surface area contributed by atoms with Gasteiger partial charge < -0.3 is 5.11 Å². The summed E-state index contributed by atoms with van der Waals surface area (Å²) in [6.45, 7) is 0. The second-order valence-electron chi connectivity index (χ2n) is 2.51. The highest BCUT2D eigenvalue weighted by Crippen LogP contribution is 2.15. The van der Waals surface area contributed by atoms with Crippen LogP contribution < -0.4 is 0 Å². The molecule has 0 radical (unpaired) electrons. The molecular formula is C7H3ClFN3O2. The van der Waals surface area contributed by atoms with Gasteiger partial charge in [-0.3, -0.25) is 0 Å². The van der Waals surface area contributed by atoms with Gasteiger partial charge in [0, 0.05) is 0 Å². The molecular weight excluding hydrogens is 213 g/mol. The van der Waals surface area contributed by atoms with Crippen molar-refractivity contribution in [2.75, 3.05) is 0 Å². The lowest BCUT2D eigenvalue weighted by Gasteiger charge is -1.95. The average Bonchev–Trinajstić information content (AvgIpc) is 2.48. The Morgan fingerprint density at radius 3 is 3.00 bits per heavy atom. The number of carboxylic acids is 1. The van der Waals surface area contributed by atoms with Gasteiger partial charge in [0.15, 0.2) is 16.6 Å². The van der Waals surface area contributed by atoms with E-state index in [1.165, 1.54) is 0 Å². The predicted octanol–water partition coefficient (Wildman–Crippen LogP) is 1.22. The molecule has 0 aliphatic carbocycles. The highest BCUT2D eigenvalue weighted by Gasteiger charge is 2.14. The molecule has 2 aromatic heterocycles. The van der Waals surface area contributed by atoms with Gasteiger partial charge in [-0.15, -0.1) is 0 Å². The first-order valence-corrected chi connectivity index (χ1v) is 3.90. The lowest BCUT2D eigenvalue weighted by molar-refractivity contribution is 0.0698. The number of hydrogen-bond acceptors (Lipinski definition) is 3. The second kappa shape index (κ2) is 2.91. The Morgan fingerprint density at radius 1 is 1.64 bits per heavy atom. The molecule has 5 nitrogen and oxygen atoms in total. The highest BCUT2D eigenvalue weighted by molar-refractivity contribution is 6.29. The van der Waals surface area contributed by atoms with Crippen LogP contribution in [0.4, 0.5) is 4.39 Å². The molecule has 0 unspecified atom stereocenters. The number of hydrogen-bond donors (Lipinski definition) is 1. The topological polar surface area (TPSA) is 67.5 Å². The van der Waals surface area contributed by atoms with Crippen LogP contribution in [0.15, 0.2) is 12.4 Å². The summed E-state index contributed by atoms with van der Waals surface area (Å²) in [5.41, 5.74) is -0.101. The number of carbonyl (C=O) groups is 1. The van der Waals surface area contributed by atoms with Crippen LogP contribution in [0, 0.1) is 5.82 Å². The van der Waals surface area contributed by atoms with E-state index >= 15 is 0 Å². The number of nitrogens with zero attached hydrogens (tertiary/aromatic N) is 3. The van der Waals surface area contributed by atoms with Gasteiger partial charge >= 0.3 is 5.97 Å². The van der Waals surface area contributed by atoms with Gasteiger partial charge in [-0.05, 0) is 0 Å². The molecule has 0 atom stereocenters. The summed E-state index contributed by atoms with van der Waals surface area (Å²) in [7, 11) is 0. The Labute approximate surface area is 81.7 Å². The first-order chi connectivity index (χ1) is 6.59. The summed E-state index contributed by atoms with van der Waals surface area (Å²) in [6.07, 6.45) is 2.05. The van der Waals surface area contributed by atoms with Crippen LogP contribution in [0.25, 0.3) is 5.65 Å². The monoisotopic (exact) mass is 215 g/mol. The first kappa shape index (κ1) is 8.89. The molecule has 14 heavy (non-hydrogen) atoms. The van der Waals surface area contributed by atoms with Crippen LogP contribution >= 0.6 is 11.6 Å². The molecule has 72 valence electrons. The van der Waals surface area contributed by atoms with E-state index in [4.69, 9.17) is 16.7 Å². The second-order valence-corrected chi connectivity index (χ2v) is 2.87. The maximum atomic E-state index is 12.9.